The van der Waals surface area contributed by atoms with Crippen LogP contribution in [0.1, 0.15) is 27.7 Å². The first-order chi connectivity index (χ1) is 12.3. The SMILES string of the molecule is CC1(C)OB(c2ccc3ccnc(N4CCNC(=O)C4)c3c2)OC1(C)C. The molecule has 1 amide bonds. The van der Waals surface area contributed by atoms with Gasteiger partial charge < -0.3 is 19.5 Å². The lowest BCUT2D eigenvalue weighted by molar-refractivity contribution is -0.120. The number of hydrogen-bond donors (Lipinski definition) is 1. The maximum atomic E-state index is 11.8. The number of carbonyl (C=O) groups is 1. The number of fused-ring (bicyclic) bond motifs is 1. The molecule has 0 bridgehead atoms. The largest absolute Gasteiger partial charge is 0.494 e. The average Bonchev–Trinajstić information content (AvgIpc) is 2.81. The molecular formula is C19H24BN3O3. The standard InChI is InChI=1S/C19H24BN3O3/c1-18(2)19(3,4)26-20(25-18)14-6-5-13-7-8-22-17(15(13)11-14)23-10-9-21-16(24)12-23/h5-8,11H,9-10,12H2,1-4H3,(H,21,24). The zero-order valence-electron chi connectivity index (χ0n) is 15.7. The quantitative estimate of drug-likeness (QED) is 0.829. The van der Waals surface area contributed by atoms with Crippen LogP contribution in [-0.2, 0) is 14.1 Å². The van der Waals surface area contributed by atoms with Crippen molar-refractivity contribution < 1.29 is 14.1 Å². The van der Waals surface area contributed by atoms with Crippen molar-refractivity contribution >= 4 is 35.1 Å². The van der Waals surface area contributed by atoms with Gasteiger partial charge in [-0.25, -0.2) is 4.98 Å². The number of nitrogens with zero attached hydrogens (tertiary/aromatic N) is 2. The summed E-state index contributed by atoms with van der Waals surface area (Å²) >= 11 is 0. The van der Waals surface area contributed by atoms with Crippen LogP contribution < -0.4 is 15.7 Å². The third kappa shape index (κ3) is 2.85. The molecule has 2 aliphatic rings. The lowest BCUT2D eigenvalue weighted by Crippen LogP contribution is -2.48. The molecule has 3 heterocycles. The predicted octanol–water partition coefficient (Wildman–Crippen LogP) is 1.47. The van der Waals surface area contributed by atoms with Crippen LogP contribution in [0.3, 0.4) is 0 Å². The van der Waals surface area contributed by atoms with Gasteiger partial charge in [-0.3, -0.25) is 4.79 Å². The maximum Gasteiger partial charge on any atom is 0.494 e. The zero-order chi connectivity index (χ0) is 18.5. The molecule has 2 fully saturated rings. The average molecular weight is 353 g/mol. The molecule has 1 aromatic carbocycles. The second-order valence-corrected chi connectivity index (χ2v) is 7.97. The molecule has 0 unspecified atom stereocenters. The third-order valence-electron chi connectivity index (χ3n) is 5.63. The number of anilines is 1. The summed E-state index contributed by atoms with van der Waals surface area (Å²) in [7, 11) is -0.415. The summed E-state index contributed by atoms with van der Waals surface area (Å²) < 4.78 is 12.4. The highest BCUT2D eigenvalue weighted by Gasteiger charge is 2.51. The summed E-state index contributed by atoms with van der Waals surface area (Å²) in [5.74, 6) is 0.855. The van der Waals surface area contributed by atoms with Gasteiger partial charge in [-0.1, -0.05) is 18.2 Å². The minimum absolute atomic E-state index is 0.0252. The number of rotatable bonds is 2. The van der Waals surface area contributed by atoms with Crippen LogP contribution in [0.15, 0.2) is 30.5 Å². The molecule has 0 aliphatic carbocycles. The molecular weight excluding hydrogens is 329 g/mol. The Balaban J connectivity index is 1.73. The minimum atomic E-state index is -0.415. The minimum Gasteiger partial charge on any atom is -0.399 e. The fourth-order valence-electron chi connectivity index (χ4n) is 3.37. The molecule has 2 aromatic rings. The highest BCUT2D eigenvalue weighted by atomic mass is 16.7. The summed E-state index contributed by atoms with van der Waals surface area (Å²) in [6, 6.07) is 8.16. The topological polar surface area (TPSA) is 63.7 Å². The smallest absolute Gasteiger partial charge is 0.399 e. The van der Waals surface area contributed by atoms with Gasteiger partial charge in [0.1, 0.15) is 5.82 Å². The van der Waals surface area contributed by atoms with E-state index in [-0.39, 0.29) is 17.1 Å². The van der Waals surface area contributed by atoms with E-state index in [1.165, 1.54) is 0 Å². The lowest BCUT2D eigenvalue weighted by Gasteiger charge is -2.32. The molecule has 136 valence electrons. The number of hydrogen-bond acceptors (Lipinski definition) is 5. The van der Waals surface area contributed by atoms with Crippen molar-refractivity contribution in [2.24, 2.45) is 0 Å². The summed E-state index contributed by atoms with van der Waals surface area (Å²) in [5, 5.41) is 4.95. The maximum absolute atomic E-state index is 11.8. The second-order valence-electron chi connectivity index (χ2n) is 7.97. The van der Waals surface area contributed by atoms with E-state index < -0.39 is 7.12 Å². The van der Waals surface area contributed by atoms with E-state index in [0.29, 0.717) is 13.1 Å². The van der Waals surface area contributed by atoms with Gasteiger partial charge in [0.15, 0.2) is 0 Å². The molecule has 2 saturated heterocycles. The summed E-state index contributed by atoms with van der Waals surface area (Å²) in [5.41, 5.74) is 0.205. The fraction of sp³-hybridized carbons (Fsp3) is 0.474. The van der Waals surface area contributed by atoms with Crippen molar-refractivity contribution in [3.8, 4) is 0 Å². The monoisotopic (exact) mass is 353 g/mol. The van der Waals surface area contributed by atoms with Crippen molar-refractivity contribution in [1.82, 2.24) is 10.3 Å². The molecule has 7 heteroatoms. The van der Waals surface area contributed by atoms with E-state index in [0.717, 1.165) is 28.6 Å². The lowest BCUT2D eigenvalue weighted by atomic mass is 9.78. The van der Waals surface area contributed by atoms with Crippen molar-refractivity contribution in [1.29, 1.82) is 0 Å². The molecule has 1 N–H and O–H groups in total. The Hall–Kier alpha value is -2.12. The molecule has 0 saturated carbocycles. The Kier molecular flexibility index (Phi) is 3.97. The Morgan fingerprint density at radius 3 is 2.58 bits per heavy atom. The van der Waals surface area contributed by atoms with Crippen LogP contribution >= 0.6 is 0 Å². The van der Waals surface area contributed by atoms with Gasteiger partial charge in [0.05, 0.1) is 17.7 Å². The van der Waals surface area contributed by atoms with E-state index >= 15 is 0 Å². The number of carbonyl (C=O) groups excluding carboxylic acids is 1. The number of pyridine rings is 1. The van der Waals surface area contributed by atoms with E-state index in [2.05, 4.69) is 22.4 Å². The van der Waals surface area contributed by atoms with E-state index in [9.17, 15) is 4.79 Å². The van der Waals surface area contributed by atoms with Gasteiger partial charge in [-0.2, -0.15) is 0 Å². The van der Waals surface area contributed by atoms with Crippen LogP contribution in [0.4, 0.5) is 5.82 Å². The van der Waals surface area contributed by atoms with Crippen LogP contribution in [0.5, 0.6) is 0 Å². The Morgan fingerprint density at radius 1 is 1.15 bits per heavy atom. The summed E-state index contributed by atoms with van der Waals surface area (Å²) in [6.07, 6.45) is 1.79. The predicted molar refractivity (Wildman–Crippen MR) is 103 cm³/mol. The van der Waals surface area contributed by atoms with E-state index in [1.807, 2.05) is 44.7 Å². The molecule has 4 rings (SSSR count). The Bertz CT molecular complexity index is 852. The molecule has 26 heavy (non-hydrogen) atoms. The first-order valence-corrected chi connectivity index (χ1v) is 9.03. The van der Waals surface area contributed by atoms with E-state index in [1.54, 1.807) is 6.20 Å². The van der Waals surface area contributed by atoms with Gasteiger partial charge in [0.25, 0.3) is 0 Å². The third-order valence-corrected chi connectivity index (χ3v) is 5.63. The Labute approximate surface area is 154 Å². The first kappa shape index (κ1) is 17.3. The van der Waals surface area contributed by atoms with Gasteiger partial charge in [-0.15, -0.1) is 0 Å². The van der Waals surface area contributed by atoms with Crippen molar-refractivity contribution in [2.75, 3.05) is 24.5 Å². The summed E-state index contributed by atoms with van der Waals surface area (Å²) in [4.78, 5) is 18.4. The van der Waals surface area contributed by atoms with Crippen molar-refractivity contribution in [2.45, 2.75) is 38.9 Å². The molecule has 0 spiro atoms. The first-order valence-electron chi connectivity index (χ1n) is 9.03. The Morgan fingerprint density at radius 2 is 1.88 bits per heavy atom. The van der Waals surface area contributed by atoms with E-state index in [4.69, 9.17) is 9.31 Å². The van der Waals surface area contributed by atoms with Gasteiger partial charge in [0.2, 0.25) is 5.91 Å². The van der Waals surface area contributed by atoms with Crippen LogP contribution in [-0.4, -0.2) is 48.8 Å². The number of amides is 1. The number of benzene rings is 1. The molecule has 1 aromatic heterocycles. The number of piperazine rings is 1. The second kappa shape index (κ2) is 5.96. The molecule has 0 atom stereocenters. The highest BCUT2D eigenvalue weighted by molar-refractivity contribution is 6.62. The molecule has 6 nitrogen and oxygen atoms in total. The van der Waals surface area contributed by atoms with Crippen LogP contribution in [0, 0.1) is 0 Å². The van der Waals surface area contributed by atoms with Crippen LogP contribution in [0.2, 0.25) is 0 Å². The van der Waals surface area contributed by atoms with Crippen molar-refractivity contribution in [3.05, 3.63) is 30.5 Å². The number of nitrogens with one attached hydrogen (secondary N) is 1. The fourth-order valence-corrected chi connectivity index (χ4v) is 3.37. The molecule has 0 radical (unpaired) electrons. The zero-order valence-corrected chi connectivity index (χ0v) is 15.7. The normalized spacial score (nSPS) is 21.9. The van der Waals surface area contributed by atoms with Gasteiger partial charge >= 0.3 is 7.12 Å². The highest BCUT2D eigenvalue weighted by Crippen LogP contribution is 2.36. The molecule has 2 aliphatic heterocycles. The van der Waals surface area contributed by atoms with Gasteiger partial charge in [0, 0.05) is 24.7 Å². The van der Waals surface area contributed by atoms with Gasteiger partial charge in [-0.05, 0) is 44.6 Å². The van der Waals surface area contributed by atoms with Crippen molar-refractivity contribution in [3.63, 3.8) is 0 Å². The number of aromatic nitrogens is 1. The summed E-state index contributed by atoms with van der Waals surface area (Å²) in [6.45, 7) is 9.90. The van der Waals surface area contributed by atoms with Crippen LogP contribution in [0.25, 0.3) is 10.8 Å².